The average Bonchev–Trinajstić information content (AvgIpc) is 2.30. The first-order chi connectivity index (χ1) is 7.34. The van der Waals surface area contributed by atoms with E-state index < -0.39 is 0 Å². The molecule has 1 fully saturated rings. The second-order valence-corrected chi connectivity index (χ2v) is 4.24. The summed E-state index contributed by atoms with van der Waals surface area (Å²) in [6, 6.07) is 4.64. The second kappa shape index (κ2) is 5.24. The summed E-state index contributed by atoms with van der Waals surface area (Å²) in [5, 5.41) is 12.9. The topological polar surface area (TPSA) is 45.1 Å². The maximum atomic E-state index is 9.38. The van der Waals surface area contributed by atoms with Crippen molar-refractivity contribution in [3.63, 3.8) is 0 Å². The number of nitrogens with one attached hydrogen (secondary N) is 1. The van der Waals surface area contributed by atoms with Gasteiger partial charge >= 0.3 is 0 Å². The number of aliphatic hydroxyl groups excluding tert-OH is 1. The fourth-order valence-electron chi connectivity index (χ4n) is 2.04. The van der Waals surface area contributed by atoms with E-state index in [2.05, 4.69) is 10.3 Å². The Morgan fingerprint density at radius 2 is 1.87 bits per heavy atom. The molecule has 0 aliphatic heterocycles. The Morgan fingerprint density at radius 1 is 1.20 bits per heavy atom. The van der Waals surface area contributed by atoms with E-state index in [0.717, 1.165) is 32.2 Å². The van der Waals surface area contributed by atoms with Gasteiger partial charge in [-0.2, -0.15) is 0 Å². The van der Waals surface area contributed by atoms with Crippen molar-refractivity contribution in [1.29, 1.82) is 0 Å². The normalized spacial score (nSPS) is 26.5. The highest BCUT2D eigenvalue weighted by Gasteiger charge is 2.18. The largest absolute Gasteiger partial charge is 0.393 e. The van der Waals surface area contributed by atoms with Gasteiger partial charge in [0.05, 0.1) is 6.10 Å². The van der Waals surface area contributed by atoms with E-state index in [4.69, 9.17) is 0 Å². The molecule has 3 heteroatoms. The van der Waals surface area contributed by atoms with E-state index in [9.17, 15) is 5.11 Å². The van der Waals surface area contributed by atoms with Gasteiger partial charge in [0.15, 0.2) is 0 Å². The van der Waals surface area contributed by atoms with Crippen LogP contribution in [-0.2, 0) is 6.54 Å². The SMILES string of the molecule is OC1CCC(NCc2ccncc2)CC1. The number of nitrogens with zero attached hydrogens (tertiary/aromatic N) is 1. The third-order valence-electron chi connectivity index (χ3n) is 3.04. The Morgan fingerprint density at radius 3 is 2.53 bits per heavy atom. The zero-order valence-electron chi connectivity index (χ0n) is 8.89. The molecule has 0 saturated heterocycles. The number of aromatic nitrogens is 1. The molecule has 1 aliphatic carbocycles. The van der Waals surface area contributed by atoms with Crippen molar-refractivity contribution in [2.45, 2.75) is 44.4 Å². The molecule has 0 spiro atoms. The Kier molecular flexibility index (Phi) is 3.69. The van der Waals surface area contributed by atoms with Gasteiger partial charge in [0.1, 0.15) is 0 Å². The smallest absolute Gasteiger partial charge is 0.0541 e. The van der Waals surface area contributed by atoms with Crippen LogP contribution >= 0.6 is 0 Å². The van der Waals surface area contributed by atoms with Crippen LogP contribution in [0.3, 0.4) is 0 Å². The molecule has 1 aromatic rings. The molecule has 1 saturated carbocycles. The molecule has 0 bridgehead atoms. The molecule has 0 radical (unpaired) electrons. The molecule has 2 N–H and O–H groups in total. The molecular formula is C12H18N2O. The number of aliphatic hydroxyl groups is 1. The highest BCUT2D eigenvalue weighted by atomic mass is 16.3. The molecule has 2 rings (SSSR count). The Hall–Kier alpha value is -0.930. The van der Waals surface area contributed by atoms with Crippen molar-refractivity contribution < 1.29 is 5.11 Å². The molecule has 1 aliphatic rings. The molecule has 82 valence electrons. The van der Waals surface area contributed by atoms with Gasteiger partial charge in [-0.15, -0.1) is 0 Å². The van der Waals surface area contributed by atoms with Crippen LogP contribution in [0.1, 0.15) is 31.2 Å². The van der Waals surface area contributed by atoms with Crippen LogP contribution in [0.4, 0.5) is 0 Å². The standard InChI is InChI=1S/C12H18N2O/c15-12-3-1-11(2-4-12)14-9-10-5-7-13-8-6-10/h5-8,11-12,14-15H,1-4,9H2. The summed E-state index contributed by atoms with van der Waals surface area (Å²) in [4.78, 5) is 3.99. The zero-order valence-corrected chi connectivity index (χ0v) is 8.89. The minimum absolute atomic E-state index is 0.0658. The van der Waals surface area contributed by atoms with E-state index >= 15 is 0 Å². The minimum Gasteiger partial charge on any atom is -0.393 e. The van der Waals surface area contributed by atoms with Crippen LogP contribution in [-0.4, -0.2) is 22.2 Å². The van der Waals surface area contributed by atoms with Crippen LogP contribution in [0.25, 0.3) is 0 Å². The third kappa shape index (κ3) is 3.29. The third-order valence-corrected chi connectivity index (χ3v) is 3.04. The lowest BCUT2D eigenvalue weighted by atomic mass is 9.93. The number of hydrogen-bond donors (Lipinski definition) is 2. The van der Waals surface area contributed by atoms with E-state index in [1.54, 1.807) is 0 Å². The molecular weight excluding hydrogens is 188 g/mol. The van der Waals surface area contributed by atoms with Gasteiger partial charge in [-0.3, -0.25) is 4.98 Å². The van der Waals surface area contributed by atoms with Gasteiger partial charge in [-0.25, -0.2) is 0 Å². The Bertz CT molecular complexity index is 281. The lowest BCUT2D eigenvalue weighted by molar-refractivity contribution is 0.116. The van der Waals surface area contributed by atoms with Crippen molar-refractivity contribution in [2.24, 2.45) is 0 Å². The van der Waals surface area contributed by atoms with Crippen LogP contribution < -0.4 is 5.32 Å². The number of hydrogen-bond acceptors (Lipinski definition) is 3. The van der Waals surface area contributed by atoms with Gasteiger partial charge in [0, 0.05) is 25.0 Å². The first-order valence-corrected chi connectivity index (χ1v) is 5.65. The van der Waals surface area contributed by atoms with Crippen LogP contribution in [0, 0.1) is 0 Å². The molecule has 3 nitrogen and oxygen atoms in total. The van der Waals surface area contributed by atoms with Crippen molar-refractivity contribution in [1.82, 2.24) is 10.3 Å². The lowest BCUT2D eigenvalue weighted by Crippen LogP contribution is -2.34. The zero-order chi connectivity index (χ0) is 10.5. The first kappa shape index (κ1) is 10.6. The van der Waals surface area contributed by atoms with E-state index in [1.807, 2.05) is 24.5 Å². The quantitative estimate of drug-likeness (QED) is 0.787. The summed E-state index contributed by atoms with van der Waals surface area (Å²) in [5.41, 5.74) is 1.27. The Labute approximate surface area is 90.5 Å². The maximum absolute atomic E-state index is 9.38. The predicted octanol–water partition coefficient (Wildman–Crippen LogP) is 1.47. The highest BCUT2D eigenvalue weighted by molar-refractivity contribution is 5.09. The Balaban J connectivity index is 1.74. The van der Waals surface area contributed by atoms with Gasteiger partial charge in [0.2, 0.25) is 0 Å². The summed E-state index contributed by atoms with van der Waals surface area (Å²) >= 11 is 0. The van der Waals surface area contributed by atoms with Gasteiger partial charge in [0.25, 0.3) is 0 Å². The van der Waals surface area contributed by atoms with Crippen molar-refractivity contribution >= 4 is 0 Å². The minimum atomic E-state index is -0.0658. The van der Waals surface area contributed by atoms with Crippen LogP contribution in [0.2, 0.25) is 0 Å². The van der Waals surface area contributed by atoms with Crippen molar-refractivity contribution in [3.8, 4) is 0 Å². The molecule has 0 unspecified atom stereocenters. The van der Waals surface area contributed by atoms with Crippen LogP contribution in [0.15, 0.2) is 24.5 Å². The second-order valence-electron chi connectivity index (χ2n) is 4.24. The fraction of sp³-hybridized carbons (Fsp3) is 0.583. The van der Waals surface area contributed by atoms with E-state index in [1.165, 1.54) is 5.56 Å². The van der Waals surface area contributed by atoms with Gasteiger partial charge < -0.3 is 10.4 Å². The van der Waals surface area contributed by atoms with Gasteiger partial charge in [-0.1, -0.05) is 0 Å². The highest BCUT2D eigenvalue weighted by Crippen LogP contribution is 2.18. The molecule has 1 aromatic heterocycles. The number of rotatable bonds is 3. The molecule has 0 atom stereocenters. The van der Waals surface area contributed by atoms with E-state index in [-0.39, 0.29) is 6.10 Å². The summed E-state index contributed by atoms with van der Waals surface area (Å²) in [7, 11) is 0. The van der Waals surface area contributed by atoms with E-state index in [0.29, 0.717) is 6.04 Å². The first-order valence-electron chi connectivity index (χ1n) is 5.65. The van der Waals surface area contributed by atoms with Crippen molar-refractivity contribution in [3.05, 3.63) is 30.1 Å². The molecule has 15 heavy (non-hydrogen) atoms. The summed E-state index contributed by atoms with van der Waals surface area (Å²) in [5.74, 6) is 0. The number of pyridine rings is 1. The molecule has 0 aromatic carbocycles. The van der Waals surface area contributed by atoms with Gasteiger partial charge in [-0.05, 0) is 43.4 Å². The fourth-order valence-corrected chi connectivity index (χ4v) is 2.04. The molecule has 1 heterocycles. The average molecular weight is 206 g/mol. The summed E-state index contributed by atoms with van der Waals surface area (Å²) in [6.45, 7) is 0.906. The summed E-state index contributed by atoms with van der Waals surface area (Å²) in [6.07, 6.45) is 7.63. The van der Waals surface area contributed by atoms with Crippen molar-refractivity contribution in [2.75, 3.05) is 0 Å². The van der Waals surface area contributed by atoms with Crippen LogP contribution in [0.5, 0.6) is 0 Å². The summed E-state index contributed by atoms with van der Waals surface area (Å²) < 4.78 is 0. The maximum Gasteiger partial charge on any atom is 0.0541 e. The lowest BCUT2D eigenvalue weighted by Gasteiger charge is -2.26. The molecule has 0 amide bonds. The monoisotopic (exact) mass is 206 g/mol. The predicted molar refractivity (Wildman–Crippen MR) is 59.3 cm³/mol.